The smallest absolute Gasteiger partial charge is 0.300 e. The van der Waals surface area contributed by atoms with Crippen LogP contribution in [0.2, 0.25) is 0 Å². The fraction of sp³-hybridized carbons (Fsp3) is 0.500. The van der Waals surface area contributed by atoms with Gasteiger partial charge in [-0.25, -0.2) is 0 Å². The van der Waals surface area contributed by atoms with Gasteiger partial charge in [0, 0.05) is 20.0 Å². The van der Waals surface area contributed by atoms with Crippen molar-refractivity contribution in [3.05, 3.63) is 35.4 Å². The molecule has 0 radical (unpaired) electrons. The lowest BCUT2D eigenvalue weighted by Crippen LogP contribution is -2.26. The Morgan fingerprint density at radius 3 is 2.24 bits per heavy atom. The molecule has 17 heavy (non-hydrogen) atoms. The Kier molecular flexibility index (Phi) is 8.07. The van der Waals surface area contributed by atoms with Gasteiger partial charge in [-0.1, -0.05) is 38.1 Å². The molecule has 0 fully saturated rings. The first kappa shape index (κ1) is 15.7. The highest BCUT2D eigenvalue weighted by atomic mass is 16.4. The molecule has 0 aromatic heterocycles. The van der Waals surface area contributed by atoms with Gasteiger partial charge in [0.05, 0.1) is 0 Å². The van der Waals surface area contributed by atoms with E-state index in [1.54, 1.807) is 0 Å². The molecule has 0 atom stereocenters. The summed E-state index contributed by atoms with van der Waals surface area (Å²) in [6.07, 6.45) is 1.21. The summed E-state index contributed by atoms with van der Waals surface area (Å²) < 4.78 is 0. The minimum Gasteiger partial charge on any atom is -0.481 e. The zero-order valence-electron chi connectivity index (χ0n) is 11.2. The zero-order chi connectivity index (χ0) is 13.3. The second-order valence-electron chi connectivity index (χ2n) is 3.78. The van der Waals surface area contributed by atoms with E-state index in [0.29, 0.717) is 0 Å². The Bertz CT molecular complexity index is 333. The van der Waals surface area contributed by atoms with Crippen molar-refractivity contribution in [3.8, 4) is 0 Å². The lowest BCUT2D eigenvalue weighted by atomic mass is 10.0. The highest BCUT2D eigenvalue weighted by Gasteiger charge is 2.10. The monoisotopic (exact) mass is 237 g/mol. The lowest BCUT2D eigenvalue weighted by molar-refractivity contribution is -0.134. The van der Waals surface area contributed by atoms with Crippen molar-refractivity contribution in [1.29, 1.82) is 0 Å². The number of likely N-dealkylation sites (N-methyl/N-ethyl adjacent to an activating group) is 1. The van der Waals surface area contributed by atoms with Gasteiger partial charge in [0.1, 0.15) is 0 Å². The molecular weight excluding hydrogens is 214 g/mol. The average molecular weight is 237 g/mol. The quantitative estimate of drug-likeness (QED) is 0.754. The number of benzene rings is 1. The van der Waals surface area contributed by atoms with Crippen LogP contribution in [0, 0.1) is 0 Å². The van der Waals surface area contributed by atoms with E-state index in [9.17, 15) is 0 Å². The van der Waals surface area contributed by atoms with Gasteiger partial charge in [-0.2, -0.15) is 0 Å². The van der Waals surface area contributed by atoms with Gasteiger partial charge in [-0.05, 0) is 24.6 Å². The Balaban J connectivity index is 0.000000368. The maximum atomic E-state index is 9.00. The second-order valence-corrected chi connectivity index (χ2v) is 3.78. The third-order valence-corrected chi connectivity index (χ3v) is 2.32. The molecule has 96 valence electrons. The Labute approximate surface area is 104 Å². The molecule has 3 heteroatoms. The summed E-state index contributed by atoms with van der Waals surface area (Å²) in [5.41, 5.74) is 3.03. The summed E-state index contributed by atoms with van der Waals surface area (Å²) >= 11 is 0. The van der Waals surface area contributed by atoms with E-state index in [-0.39, 0.29) is 0 Å². The predicted molar refractivity (Wildman–Crippen MR) is 71.1 cm³/mol. The number of nitrogens with zero attached hydrogens (tertiary/aromatic N) is 1. The van der Waals surface area contributed by atoms with Gasteiger partial charge in [0.2, 0.25) is 0 Å². The van der Waals surface area contributed by atoms with Crippen LogP contribution < -0.4 is 0 Å². The van der Waals surface area contributed by atoms with Crippen LogP contribution in [0.15, 0.2) is 24.3 Å². The van der Waals surface area contributed by atoms with Crippen molar-refractivity contribution < 1.29 is 9.90 Å². The minimum atomic E-state index is -0.833. The summed E-state index contributed by atoms with van der Waals surface area (Å²) in [5, 5.41) is 7.42. The fourth-order valence-electron chi connectivity index (χ4n) is 1.64. The van der Waals surface area contributed by atoms with E-state index in [0.717, 1.165) is 13.5 Å². The number of rotatable bonds is 0. The van der Waals surface area contributed by atoms with Crippen LogP contribution in [0.5, 0.6) is 0 Å². The lowest BCUT2D eigenvalue weighted by Gasteiger charge is -2.24. The summed E-state index contributed by atoms with van der Waals surface area (Å²) in [7, 11) is 2.18. The van der Waals surface area contributed by atoms with Crippen LogP contribution in [0.3, 0.4) is 0 Å². The van der Waals surface area contributed by atoms with E-state index in [4.69, 9.17) is 9.90 Å². The summed E-state index contributed by atoms with van der Waals surface area (Å²) in [5.74, 6) is -0.833. The van der Waals surface area contributed by atoms with Crippen LogP contribution >= 0.6 is 0 Å². The van der Waals surface area contributed by atoms with E-state index in [1.807, 2.05) is 13.8 Å². The zero-order valence-corrected chi connectivity index (χ0v) is 11.2. The van der Waals surface area contributed by atoms with Gasteiger partial charge >= 0.3 is 0 Å². The molecule has 0 aliphatic carbocycles. The molecule has 0 unspecified atom stereocenters. The highest BCUT2D eigenvalue weighted by molar-refractivity contribution is 5.62. The van der Waals surface area contributed by atoms with Gasteiger partial charge < -0.3 is 10.0 Å². The molecular formula is C14H23NO2. The summed E-state index contributed by atoms with van der Waals surface area (Å²) in [6, 6.07) is 8.72. The molecule has 3 nitrogen and oxygen atoms in total. The standard InChI is InChI=1S/C10H13N.C2H4O2.C2H6/c1-11-7-6-9-4-2-3-5-10(9)8-11;1-2(3)4;1-2/h2-5H,6-8H2,1H3;1H3,(H,3,4);1-2H3. The molecule has 0 saturated heterocycles. The SMILES string of the molecule is CC.CC(=O)O.CN1CCc2ccccc2C1. The highest BCUT2D eigenvalue weighted by Crippen LogP contribution is 2.16. The molecule has 1 aromatic carbocycles. The van der Waals surface area contributed by atoms with Crippen molar-refractivity contribution in [2.24, 2.45) is 0 Å². The summed E-state index contributed by atoms with van der Waals surface area (Å²) in [6.45, 7) is 7.41. The van der Waals surface area contributed by atoms with Crippen molar-refractivity contribution in [1.82, 2.24) is 4.90 Å². The number of hydrogen-bond acceptors (Lipinski definition) is 2. The van der Waals surface area contributed by atoms with E-state index < -0.39 is 5.97 Å². The number of aliphatic carboxylic acids is 1. The number of carboxylic acid groups (broad SMARTS) is 1. The molecule has 1 aliphatic heterocycles. The molecule has 0 saturated carbocycles. The molecule has 0 amide bonds. The number of carboxylic acids is 1. The van der Waals surface area contributed by atoms with E-state index in [1.165, 1.54) is 24.1 Å². The van der Waals surface area contributed by atoms with Crippen molar-refractivity contribution in [2.45, 2.75) is 33.7 Å². The first-order valence-electron chi connectivity index (χ1n) is 6.04. The predicted octanol–water partition coefficient (Wildman–Crippen LogP) is 2.79. The third-order valence-electron chi connectivity index (χ3n) is 2.32. The molecule has 1 heterocycles. The molecule has 0 spiro atoms. The maximum Gasteiger partial charge on any atom is 0.300 e. The first-order valence-corrected chi connectivity index (χ1v) is 6.04. The minimum absolute atomic E-state index is 0.833. The number of carbonyl (C=O) groups is 1. The normalized spacial score (nSPS) is 13.4. The first-order chi connectivity index (χ1) is 8.09. The summed E-state index contributed by atoms with van der Waals surface area (Å²) in [4.78, 5) is 11.4. The van der Waals surface area contributed by atoms with Crippen molar-refractivity contribution in [2.75, 3.05) is 13.6 Å². The molecule has 1 aliphatic rings. The van der Waals surface area contributed by atoms with E-state index >= 15 is 0 Å². The molecule has 2 rings (SSSR count). The largest absolute Gasteiger partial charge is 0.481 e. The molecule has 0 bridgehead atoms. The van der Waals surface area contributed by atoms with Crippen molar-refractivity contribution in [3.63, 3.8) is 0 Å². The Morgan fingerprint density at radius 1 is 1.24 bits per heavy atom. The van der Waals surface area contributed by atoms with Crippen LogP contribution in [0.25, 0.3) is 0 Å². The van der Waals surface area contributed by atoms with Gasteiger partial charge in [0.25, 0.3) is 5.97 Å². The average Bonchev–Trinajstić information content (AvgIpc) is 2.31. The topological polar surface area (TPSA) is 40.5 Å². The number of fused-ring (bicyclic) bond motifs is 1. The maximum absolute atomic E-state index is 9.00. The molecule has 1 aromatic rings. The van der Waals surface area contributed by atoms with Crippen LogP contribution in [0.4, 0.5) is 0 Å². The molecule has 1 N–H and O–H groups in total. The second kappa shape index (κ2) is 8.76. The van der Waals surface area contributed by atoms with Crippen molar-refractivity contribution >= 4 is 5.97 Å². The van der Waals surface area contributed by atoms with E-state index in [2.05, 4.69) is 36.2 Å². The number of hydrogen-bond donors (Lipinski definition) is 1. The third kappa shape index (κ3) is 6.74. The van der Waals surface area contributed by atoms with Crippen LogP contribution in [0.1, 0.15) is 31.9 Å². The Hall–Kier alpha value is -1.35. The van der Waals surface area contributed by atoms with Gasteiger partial charge in [0.15, 0.2) is 0 Å². The van der Waals surface area contributed by atoms with Gasteiger partial charge in [-0.3, -0.25) is 4.79 Å². The van der Waals surface area contributed by atoms with Gasteiger partial charge in [-0.15, -0.1) is 0 Å². The van der Waals surface area contributed by atoms with Crippen LogP contribution in [-0.2, 0) is 17.8 Å². The fourth-order valence-corrected chi connectivity index (χ4v) is 1.64. The van der Waals surface area contributed by atoms with Crippen LogP contribution in [-0.4, -0.2) is 29.6 Å². The Morgan fingerprint density at radius 2 is 1.71 bits per heavy atom.